The largest absolute Gasteiger partial charge is 0.487 e. The summed E-state index contributed by atoms with van der Waals surface area (Å²) in [4.78, 5) is 26.8. The number of thiocarbonyl (C=S) groups is 1. The van der Waals surface area contributed by atoms with E-state index in [1.165, 1.54) is 17.8 Å². The van der Waals surface area contributed by atoms with E-state index in [2.05, 4.69) is 0 Å². The van der Waals surface area contributed by atoms with Crippen LogP contribution in [0, 0.1) is 10.1 Å². The molecule has 0 bridgehead atoms. The highest BCUT2D eigenvalue weighted by Gasteiger charge is 2.36. The van der Waals surface area contributed by atoms with Crippen molar-refractivity contribution in [3.8, 4) is 22.7 Å². The van der Waals surface area contributed by atoms with Crippen LogP contribution in [0.1, 0.15) is 31.1 Å². The number of carbonyl (C=O) groups is 1. The van der Waals surface area contributed by atoms with Crippen molar-refractivity contribution >= 4 is 46.0 Å². The smallest absolute Gasteiger partial charge is 0.311 e. The van der Waals surface area contributed by atoms with E-state index in [0.29, 0.717) is 32.8 Å². The van der Waals surface area contributed by atoms with Crippen molar-refractivity contribution in [2.45, 2.75) is 19.9 Å². The number of rotatable bonds is 8. The second-order valence-corrected chi connectivity index (χ2v) is 10.4. The molecule has 1 aromatic heterocycles. The van der Waals surface area contributed by atoms with Gasteiger partial charge in [0.25, 0.3) is 5.91 Å². The van der Waals surface area contributed by atoms with Gasteiger partial charge in [-0.25, -0.2) is 4.68 Å². The lowest BCUT2D eigenvalue weighted by Crippen LogP contribution is -2.30. The van der Waals surface area contributed by atoms with Crippen molar-refractivity contribution in [3.63, 3.8) is 0 Å². The highest BCUT2D eigenvalue weighted by Crippen LogP contribution is 2.39. The number of ether oxygens (including phenoxy) is 1. The molecule has 0 N–H and O–H groups in total. The summed E-state index contributed by atoms with van der Waals surface area (Å²) in [5, 5.41) is 16.4. The topological polar surface area (TPSA) is 90.5 Å². The van der Waals surface area contributed by atoms with Gasteiger partial charge in [0.15, 0.2) is 5.75 Å². The molecular weight excluding hydrogens is 532 g/mol. The molecule has 0 aliphatic carbocycles. The predicted octanol–water partition coefficient (Wildman–Crippen LogP) is 6.81. The maximum Gasteiger partial charge on any atom is 0.311 e. The van der Waals surface area contributed by atoms with Crippen molar-refractivity contribution in [1.82, 2.24) is 14.7 Å². The second-order valence-electron chi connectivity index (χ2n) is 8.71. The van der Waals surface area contributed by atoms with Crippen LogP contribution in [0.15, 0.2) is 89.8 Å². The van der Waals surface area contributed by atoms with Crippen LogP contribution >= 0.6 is 24.0 Å². The van der Waals surface area contributed by atoms with Crippen LogP contribution in [0.5, 0.6) is 5.75 Å². The van der Waals surface area contributed by atoms with Gasteiger partial charge in [-0.05, 0) is 55.8 Å². The van der Waals surface area contributed by atoms with Gasteiger partial charge in [-0.3, -0.25) is 19.8 Å². The van der Waals surface area contributed by atoms with Gasteiger partial charge in [0.05, 0.1) is 39.6 Å². The molecule has 1 saturated heterocycles. The zero-order valence-corrected chi connectivity index (χ0v) is 22.8. The van der Waals surface area contributed by atoms with E-state index in [4.69, 9.17) is 22.1 Å². The molecule has 1 amide bonds. The van der Waals surface area contributed by atoms with Crippen molar-refractivity contribution in [2.24, 2.45) is 0 Å². The van der Waals surface area contributed by atoms with Crippen LogP contribution < -0.4 is 4.74 Å². The fourth-order valence-corrected chi connectivity index (χ4v) is 5.74. The molecule has 2 heterocycles. The van der Waals surface area contributed by atoms with Gasteiger partial charge in [0, 0.05) is 11.6 Å². The molecule has 1 unspecified atom stereocenters. The number of nitro groups is 1. The lowest BCUT2D eigenvalue weighted by atomic mass is 10.1. The minimum absolute atomic E-state index is 0.138. The van der Waals surface area contributed by atoms with E-state index in [0.717, 1.165) is 11.3 Å². The number of nitrogens with zero attached hydrogens (tertiary/aromatic N) is 4. The predicted molar refractivity (Wildman–Crippen MR) is 157 cm³/mol. The lowest BCUT2D eigenvalue weighted by Gasteiger charge is -2.23. The Balaban J connectivity index is 1.56. The van der Waals surface area contributed by atoms with E-state index in [1.54, 1.807) is 40.8 Å². The number of carbonyl (C=O) groups excluding carboxylic acids is 1. The van der Waals surface area contributed by atoms with Crippen molar-refractivity contribution in [3.05, 3.63) is 111 Å². The molecule has 3 aromatic carbocycles. The minimum Gasteiger partial charge on any atom is -0.487 e. The number of nitro benzene ring substituents is 1. The number of hydrogen-bond donors (Lipinski definition) is 0. The van der Waals surface area contributed by atoms with E-state index >= 15 is 0 Å². The minimum atomic E-state index is -0.469. The standard InChI is InChI=1S/C29H24N4O4S2/c1-3-37-26-15-14-21(16-25(26)33(35)36)24-17-23(32(30-24)22-12-8-5-9-13-22)18-27-28(34)31(29(38)39-27)19(2)20-10-6-4-7-11-20/h4-19H,3H2,1-2H3/b27-18+. The Morgan fingerprint density at radius 2 is 1.77 bits per heavy atom. The number of benzene rings is 3. The lowest BCUT2D eigenvalue weighted by molar-refractivity contribution is -0.385. The van der Waals surface area contributed by atoms with Gasteiger partial charge in [0.2, 0.25) is 0 Å². The Morgan fingerprint density at radius 3 is 2.44 bits per heavy atom. The molecule has 8 nitrogen and oxygen atoms in total. The summed E-state index contributed by atoms with van der Waals surface area (Å²) in [6.07, 6.45) is 1.77. The van der Waals surface area contributed by atoms with Gasteiger partial charge in [-0.1, -0.05) is 72.5 Å². The fourth-order valence-electron chi connectivity index (χ4n) is 4.34. The van der Waals surface area contributed by atoms with Crippen molar-refractivity contribution < 1.29 is 14.5 Å². The monoisotopic (exact) mass is 556 g/mol. The second kappa shape index (κ2) is 11.2. The first-order valence-electron chi connectivity index (χ1n) is 12.3. The third-order valence-electron chi connectivity index (χ3n) is 6.26. The number of para-hydroxylation sites is 1. The van der Waals surface area contributed by atoms with Crippen LogP contribution in [0.4, 0.5) is 5.69 Å². The summed E-state index contributed by atoms with van der Waals surface area (Å²) in [6, 6.07) is 25.6. The Morgan fingerprint density at radius 1 is 1.08 bits per heavy atom. The maximum absolute atomic E-state index is 13.5. The molecule has 10 heteroatoms. The average Bonchev–Trinajstić information content (AvgIpc) is 3.49. The van der Waals surface area contributed by atoms with E-state index < -0.39 is 4.92 Å². The number of aromatic nitrogens is 2. The molecule has 1 atom stereocenters. The van der Waals surface area contributed by atoms with Crippen LogP contribution in [-0.4, -0.2) is 36.4 Å². The van der Waals surface area contributed by atoms with E-state index in [9.17, 15) is 14.9 Å². The van der Waals surface area contributed by atoms with Gasteiger partial charge in [-0.15, -0.1) is 0 Å². The molecular formula is C29H24N4O4S2. The normalized spacial score (nSPS) is 15.1. The number of thioether (sulfide) groups is 1. The summed E-state index contributed by atoms with van der Waals surface area (Å²) >= 11 is 6.84. The number of amides is 1. The van der Waals surface area contributed by atoms with Crippen LogP contribution in [-0.2, 0) is 4.79 Å². The Labute approximate surface area is 235 Å². The van der Waals surface area contributed by atoms with E-state index in [1.807, 2.05) is 67.6 Å². The highest BCUT2D eigenvalue weighted by atomic mass is 32.2. The van der Waals surface area contributed by atoms with Crippen LogP contribution in [0.3, 0.4) is 0 Å². The van der Waals surface area contributed by atoms with Crippen LogP contribution in [0.2, 0.25) is 0 Å². The molecule has 5 rings (SSSR count). The third-order valence-corrected chi connectivity index (χ3v) is 7.59. The van der Waals surface area contributed by atoms with Gasteiger partial charge in [-0.2, -0.15) is 5.10 Å². The van der Waals surface area contributed by atoms with Crippen LogP contribution in [0.25, 0.3) is 23.0 Å². The first kappa shape index (κ1) is 26.3. The molecule has 1 aliphatic heterocycles. The summed E-state index contributed by atoms with van der Waals surface area (Å²) in [5.74, 6) is 0.0191. The van der Waals surface area contributed by atoms with Crippen molar-refractivity contribution in [2.75, 3.05) is 6.61 Å². The zero-order valence-electron chi connectivity index (χ0n) is 21.2. The summed E-state index contributed by atoms with van der Waals surface area (Å²) < 4.78 is 7.62. The van der Waals surface area contributed by atoms with Crippen molar-refractivity contribution in [1.29, 1.82) is 0 Å². The Bertz CT molecular complexity index is 1590. The van der Waals surface area contributed by atoms with Gasteiger partial charge < -0.3 is 4.74 Å². The summed E-state index contributed by atoms with van der Waals surface area (Å²) in [7, 11) is 0. The summed E-state index contributed by atoms with van der Waals surface area (Å²) in [5.41, 5.74) is 3.35. The molecule has 196 valence electrons. The fraction of sp³-hybridized carbons (Fsp3) is 0.138. The quantitative estimate of drug-likeness (QED) is 0.102. The molecule has 0 saturated carbocycles. The zero-order chi connectivity index (χ0) is 27.5. The Hall–Kier alpha value is -4.28. The number of hydrogen-bond acceptors (Lipinski definition) is 7. The maximum atomic E-state index is 13.5. The van der Waals surface area contributed by atoms with Gasteiger partial charge in [0.1, 0.15) is 4.32 Å². The average molecular weight is 557 g/mol. The molecule has 0 radical (unpaired) electrons. The molecule has 4 aromatic rings. The molecule has 0 spiro atoms. The first-order valence-corrected chi connectivity index (χ1v) is 13.5. The highest BCUT2D eigenvalue weighted by molar-refractivity contribution is 8.26. The van der Waals surface area contributed by atoms with Gasteiger partial charge >= 0.3 is 5.69 Å². The first-order chi connectivity index (χ1) is 18.9. The van der Waals surface area contributed by atoms with E-state index in [-0.39, 0.29) is 23.4 Å². The molecule has 1 fully saturated rings. The third kappa shape index (κ3) is 5.34. The summed E-state index contributed by atoms with van der Waals surface area (Å²) in [6.45, 7) is 4.04. The Kier molecular flexibility index (Phi) is 7.58. The SMILES string of the molecule is CCOc1ccc(-c2cc(/C=C3/SC(=S)N(C(C)c4ccccc4)C3=O)n(-c3ccccc3)n2)cc1[N+](=O)[O-]. The molecule has 39 heavy (non-hydrogen) atoms. The molecule has 1 aliphatic rings.